The lowest BCUT2D eigenvalue weighted by molar-refractivity contribution is -0.137. The van der Waals surface area contributed by atoms with Crippen LogP contribution in [0.5, 0.6) is 0 Å². The van der Waals surface area contributed by atoms with Gasteiger partial charge in [-0.05, 0) is 46.0 Å². The van der Waals surface area contributed by atoms with E-state index in [9.17, 15) is 14.7 Å². The van der Waals surface area contributed by atoms with E-state index in [1.807, 2.05) is 11.8 Å². The van der Waals surface area contributed by atoms with Crippen molar-refractivity contribution in [2.75, 3.05) is 13.1 Å². The predicted molar refractivity (Wildman–Crippen MR) is 75.9 cm³/mol. The van der Waals surface area contributed by atoms with Crippen molar-refractivity contribution in [3.05, 3.63) is 0 Å². The first-order chi connectivity index (χ1) is 9.47. The van der Waals surface area contributed by atoms with Gasteiger partial charge in [-0.25, -0.2) is 0 Å². The Morgan fingerprint density at radius 1 is 1.25 bits per heavy atom. The lowest BCUT2D eigenvalue weighted by Gasteiger charge is -2.33. The molecule has 0 bridgehead atoms. The summed E-state index contributed by atoms with van der Waals surface area (Å²) in [5.74, 6) is 0.389. The average Bonchev–Trinajstić information content (AvgIpc) is 3.21. The van der Waals surface area contributed by atoms with Gasteiger partial charge in [-0.2, -0.15) is 0 Å². The minimum atomic E-state index is -0.412. The first-order valence-electron chi connectivity index (χ1n) is 7.74. The Kier molecular flexibility index (Phi) is 5.02. The van der Waals surface area contributed by atoms with Crippen LogP contribution in [0.15, 0.2) is 0 Å². The van der Waals surface area contributed by atoms with E-state index in [0.29, 0.717) is 13.0 Å². The third-order valence-electron chi connectivity index (χ3n) is 4.11. The van der Waals surface area contributed by atoms with Crippen LogP contribution in [0.2, 0.25) is 0 Å². The summed E-state index contributed by atoms with van der Waals surface area (Å²) in [6.45, 7) is 4.98. The van der Waals surface area contributed by atoms with E-state index < -0.39 is 6.10 Å². The maximum Gasteiger partial charge on any atom is 0.225 e. The van der Waals surface area contributed by atoms with E-state index >= 15 is 0 Å². The Bertz CT molecular complexity index is 366. The molecule has 2 N–H and O–H groups in total. The SMILES string of the molecule is CC(O)CC(C)NC(=O)C1CCCN(C(=O)C2CC2)C1. The molecule has 3 atom stereocenters. The minimum absolute atomic E-state index is 0.0199. The van der Waals surface area contributed by atoms with Gasteiger partial charge in [-0.3, -0.25) is 9.59 Å². The van der Waals surface area contributed by atoms with Crippen molar-refractivity contribution in [1.82, 2.24) is 10.2 Å². The second kappa shape index (κ2) is 6.57. The Hall–Kier alpha value is -1.10. The van der Waals surface area contributed by atoms with Crippen molar-refractivity contribution in [1.29, 1.82) is 0 Å². The van der Waals surface area contributed by atoms with Crippen molar-refractivity contribution in [3.8, 4) is 0 Å². The van der Waals surface area contributed by atoms with Crippen LogP contribution in [0, 0.1) is 11.8 Å². The van der Waals surface area contributed by atoms with Gasteiger partial charge in [-0.1, -0.05) is 0 Å². The molecule has 2 aliphatic rings. The van der Waals surface area contributed by atoms with E-state index in [2.05, 4.69) is 5.32 Å². The van der Waals surface area contributed by atoms with Crippen LogP contribution >= 0.6 is 0 Å². The predicted octanol–water partition coefficient (Wildman–Crippen LogP) is 0.911. The standard InChI is InChI=1S/C15H26N2O3/c1-10(8-11(2)18)16-14(19)13-4-3-7-17(9-13)15(20)12-5-6-12/h10-13,18H,3-9H2,1-2H3,(H,16,19). The fourth-order valence-corrected chi connectivity index (χ4v) is 2.91. The van der Waals surface area contributed by atoms with E-state index in [1.54, 1.807) is 6.92 Å². The first kappa shape index (κ1) is 15.3. The molecule has 20 heavy (non-hydrogen) atoms. The quantitative estimate of drug-likeness (QED) is 0.787. The highest BCUT2D eigenvalue weighted by Gasteiger charge is 2.36. The molecule has 1 aliphatic carbocycles. The fourth-order valence-electron chi connectivity index (χ4n) is 2.91. The van der Waals surface area contributed by atoms with Gasteiger partial charge in [0.1, 0.15) is 0 Å². The van der Waals surface area contributed by atoms with Crippen molar-refractivity contribution in [3.63, 3.8) is 0 Å². The van der Waals surface area contributed by atoms with E-state index in [0.717, 1.165) is 32.2 Å². The topological polar surface area (TPSA) is 69.6 Å². The molecule has 0 aromatic carbocycles. The van der Waals surface area contributed by atoms with Crippen LogP contribution in [0.3, 0.4) is 0 Å². The molecule has 1 aliphatic heterocycles. The first-order valence-corrected chi connectivity index (χ1v) is 7.74. The Balaban J connectivity index is 1.81. The fraction of sp³-hybridized carbons (Fsp3) is 0.867. The number of amides is 2. The Labute approximate surface area is 120 Å². The van der Waals surface area contributed by atoms with Crippen molar-refractivity contribution < 1.29 is 14.7 Å². The van der Waals surface area contributed by atoms with Crippen LogP contribution in [-0.2, 0) is 9.59 Å². The van der Waals surface area contributed by atoms with Crippen LogP contribution in [0.4, 0.5) is 0 Å². The zero-order chi connectivity index (χ0) is 14.7. The molecular formula is C15H26N2O3. The maximum absolute atomic E-state index is 12.2. The second-order valence-corrected chi connectivity index (χ2v) is 6.39. The van der Waals surface area contributed by atoms with Gasteiger partial charge in [0.2, 0.25) is 11.8 Å². The number of likely N-dealkylation sites (tertiary alicyclic amines) is 1. The summed E-state index contributed by atoms with van der Waals surface area (Å²) in [5, 5.41) is 12.3. The summed E-state index contributed by atoms with van der Waals surface area (Å²) in [5.41, 5.74) is 0. The number of nitrogens with zero attached hydrogens (tertiary/aromatic N) is 1. The highest BCUT2D eigenvalue weighted by Crippen LogP contribution is 2.32. The lowest BCUT2D eigenvalue weighted by atomic mass is 9.96. The number of nitrogens with one attached hydrogen (secondary N) is 1. The Morgan fingerprint density at radius 3 is 2.55 bits per heavy atom. The summed E-state index contributed by atoms with van der Waals surface area (Å²) < 4.78 is 0. The molecule has 0 radical (unpaired) electrons. The highest BCUT2D eigenvalue weighted by molar-refractivity contribution is 5.83. The highest BCUT2D eigenvalue weighted by atomic mass is 16.3. The summed E-state index contributed by atoms with van der Waals surface area (Å²) in [7, 11) is 0. The largest absolute Gasteiger partial charge is 0.393 e. The number of aliphatic hydroxyl groups excluding tert-OH is 1. The van der Waals surface area contributed by atoms with Crippen LogP contribution < -0.4 is 5.32 Å². The van der Waals surface area contributed by atoms with Gasteiger partial charge in [0.25, 0.3) is 0 Å². The third-order valence-corrected chi connectivity index (χ3v) is 4.11. The van der Waals surface area contributed by atoms with Gasteiger partial charge >= 0.3 is 0 Å². The molecule has 114 valence electrons. The minimum Gasteiger partial charge on any atom is -0.393 e. The molecule has 1 heterocycles. The number of aliphatic hydroxyl groups is 1. The van der Waals surface area contributed by atoms with E-state index in [1.165, 1.54) is 0 Å². The van der Waals surface area contributed by atoms with E-state index in [4.69, 9.17) is 0 Å². The Morgan fingerprint density at radius 2 is 1.95 bits per heavy atom. The lowest BCUT2D eigenvalue weighted by Crippen LogP contribution is -2.47. The van der Waals surface area contributed by atoms with Gasteiger partial charge in [0.15, 0.2) is 0 Å². The maximum atomic E-state index is 12.2. The molecular weight excluding hydrogens is 256 g/mol. The van der Waals surface area contributed by atoms with Crippen LogP contribution in [0.25, 0.3) is 0 Å². The number of hydrogen-bond donors (Lipinski definition) is 2. The average molecular weight is 282 g/mol. The molecule has 0 aromatic rings. The summed E-state index contributed by atoms with van der Waals surface area (Å²) in [4.78, 5) is 26.1. The van der Waals surface area contributed by atoms with Crippen LogP contribution in [-0.4, -0.2) is 47.1 Å². The number of hydrogen-bond acceptors (Lipinski definition) is 3. The molecule has 0 spiro atoms. The molecule has 1 saturated carbocycles. The number of carbonyl (C=O) groups excluding carboxylic acids is 2. The summed E-state index contributed by atoms with van der Waals surface area (Å²) in [6.07, 6.45) is 3.92. The molecule has 0 aromatic heterocycles. The number of carbonyl (C=O) groups is 2. The van der Waals surface area contributed by atoms with Gasteiger partial charge in [0.05, 0.1) is 12.0 Å². The van der Waals surface area contributed by atoms with E-state index in [-0.39, 0.29) is 29.7 Å². The molecule has 2 rings (SSSR count). The van der Waals surface area contributed by atoms with Crippen molar-refractivity contribution >= 4 is 11.8 Å². The van der Waals surface area contributed by atoms with Crippen molar-refractivity contribution in [2.24, 2.45) is 11.8 Å². The zero-order valence-electron chi connectivity index (χ0n) is 12.5. The van der Waals surface area contributed by atoms with Gasteiger partial charge in [0, 0.05) is 25.0 Å². The normalized spacial score (nSPS) is 25.9. The number of rotatable bonds is 5. The summed E-state index contributed by atoms with van der Waals surface area (Å²) in [6, 6.07) is -0.0305. The monoisotopic (exact) mass is 282 g/mol. The number of piperidine rings is 1. The second-order valence-electron chi connectivity index (χ2n) is 6.39. The molecule has 5 nitrogen and oxygen atoms in total. The van der Waals surface area contributed by atoms with Crippen LogP contribution in [0.1, 0.15) is 46.0 Å². The molecule has 3 unspecified atom stereocenters. The molecule has 1 saturated heterocycles. The molecule has 2 fully saturated rings. The smallest absolute Gasteiger partial charge is 0.225 e. The zero-order valence-corrected chi connectivity index (χ0v) is 12.5. The molecule has 5 heteroatoms. The summed E-state index contributed by atoms with van der Waals surface area (Å²) >= 11 is 0. The van der Waals surface area contributed by atoms with Gasteiger partial charge in [-0.15, -0.1) is 0 Å². The van der Waals surface area contributed by atoms with Gasteiger partial charge < -0.3 is 15.3 Å². The van der Waals surface area contributed by atoms with Crippen molar-refractivity contribution in [2.45, 2.75) is 58.1 Å². The third kappa shape index (κ3) is 4.20. The molecule has 2 amide bonds.